The Kier molecular flexibility index (Phi) is 4.39. The molecule has 1 aromatic carbocycles. The lowest BCUT2D eigenvalue weighted by Crippen LogP contribution is -2.36. The van der Waals surface area contributed by atoms with E-state index in [1.807, 2.05) is 17.0 Å². The van der Waals surface area contributed by atoms with Crippen LogP contribution >= 0.6 is 0 Å². The standard InChI is InChI=1S/C18H24N2O3/c1-12-6-4-5-7-15(12)18-16-10-19(11-17(22)23-3)8-14(16)9-20(18)13(2)21/h4-7,14,16,18H,8-11H2,1-3H3/t14-,16-,18-/m1/s1. The molecule has 2 aliphatic heterocycles. The van der Waals surface area contributed by atoms with Crippen molar-refractivity contribution in [2.75, 3.05) is 33.3 Å². The van der Waals surface area contributed by atoms with Crippen molar-refractivity contribution in [3.8, 4) is 0 Å². The number of nitrogens with zero attached hydrogens (tertiary/aromatic N) is 2. The second kappa shape index (κ2) is 6.32. The molecule has 3 rings (SSSR count). The number of ether oxygens (including phenoxy) is 1. The molecule has 5 nitrogen and oxygen atoms in total. The van der Waals surface area contributed by atoms with Gasteiger partial charge in [0, 0.05) is 32.5 Å². The van der Waals surface area contributed by atoms with Crippen molar-refractivity contribution < 1.29 is 14.3 Å². The van der Waals surface area contributed by atoms with Gasteiger partial charge in [-0.1, -0.05) is 24.3 Å². The van der Waals surface area contributed by atoms with Crippen molar-refractivity contribution in [3.63, 3.8) is 0 Å². The van der Waals surface area contributed by atoms with Crippen LogP contribution in [0, 0.1) is 18.8 Å². The lowest BCUT2D eigenvalue weighted by atomic mass is 9.87. The Morgan fingerprint density at radius 3 is 2.61 bits per heavy atom. The molecule has 0 aliphatic carbocycles. The van der Waals surface area contributed by atoms with Gasteiger partial charge >= 0.3 is 5.97 Å². The number of methoxy groups -OCH3 is 1. The molecular weight excluding hydrogens is 292 g/mol. The number of carbonyl (C=O) groups excluding carboxylic acids is 2. The molecule has 1 aromatic rings. The quantitative estimate of drug-likeness (QED) is 0.795. The minimum absolute atomic E-state index is 0.112. The summed E-state index contributed by atoms with van der Waals surface area (Å²) in [6.07, 6.45) is 0. The fourth-order valence-corrected chi connectivity index (χ4v) is 4.15. The molecule has 2 heterocycles. The highest BCUT2D eigenvalue weighted by Crippen LogP contribution is 2.45. The van der Waals surface area contributed by atoms with Gasteiger partial charge < -0.3 is 9.64 Å². The van der Waals surface area contributed by atoms with Gasteiger partial charge in [-0.25, -0.2) is 0 Å². The van der Waals surface area contributed by atoms with E-state index in [0.29, 0.717) is 18.4 Å². The van der Waals surface area contributed by atoms with Crippen LogP contribution in [0.2, 0.25) is 0 Å². The normalized spacial score (nSPS) is 27.1. The number of amides is 1. The first-order valence-corrected chi connectivity index (χ1v) is 8.13. The Morgan fingerprint density at radius 1 is 1.22 bits per heavy atom. The van der Waals surface area contributed by atoms with Gasteiger partial charge in [-0.2, -0.15) is 0 Å². The molecule has 0 spiro atoms. The number of likely N-dealkylation sites (tertiary alicyclic amines) is 2. The zero-order valence-electron chi connectivity index (χ0n) is 14.0. The average molecular weight is 316 g/mol. The Hall–Kier alpha value is -1.88. The number of hydrogen-bond acceptors (Lipinski definition) is 4. The summed E-state index contributed by atoms with van der Waals surface area (Å²) in [4.78, 5) is 27.8. The maximum atomic E-state index is 12.1. The summed E-state index contributed by atoms with van der Waals surface area (Å²) in [6, 6.07) is 8.40. The molecule has 2 saturated heterocycles. The predicted molar refractivity (Wildman–Crippen MR) is 86.7 cm³/mol. The second-order valence-electron chi connectivity index (χ2n) is 6.67. The molecule has 2 fully saturated rings. The molecule has 0 unspecified atom stereocenters. The number of rotatable bonds is 3. The van der Waals surface area contributed by atoms with Crippen LogP contribution in [-0.2, 0) is 14.3 Å². The third-order valence-electron chi connectivity index (χ3n) is 5.23. The number of esters is 1. The van der Waals surface area contributed by atoms with Crippen LogP contribution in [0.15, 0.2) is 24.3 Å². The van der Waals surface area contributed by atoms with Crippen LogP contribution in [0.4, 0.5) is 0 Å². The Balaban J connectivity index is 1.85. The number of aryl methyl sites for hydroxylation is 1. The summed E-state index contributed by atoms with van der Waals surface area (Å²) in [5, 5.41) is 0. The second-order valence-corrected chi connectivity index (χ2v) is 6.67. The van der Waals surface area contributed by atoms with Crippen LogP contribution in [0.3, 0.4) is 0 Å². The van der Waals surface area contributed by atoms with E-state index in [1.54, 1.807) is 6.92 Å². The summed E-state index contributed by atoms with van der Waals surface area (Å²) in [5.74, 6) is 0.742. The van der Waals surface area contributed by atoms with E-state index < -0.39 is 0 Å². The molecule has 124 valence electrons. The molecule has 5 heteroatoms. The van der Waals surface area contributed by atoms with Gasteiger partial charge in [-0.3, -0.25) is 14.5 Å². The summed E-state index contributed by atoms with van der Waals surface area (Å²) >= 11 is 0. The Bertz CT molecular complexity index is 616. The van der Waals surface area contributed by atoms with Crippen molar-refractivity contribution in [1.82, 2.24) is 9.80 Å². The third-order valence-corrected chi connectivity index (χ3v) is 5.23. The molecule has 0 radical (unpaired) electrons. The molecule has 0 bridgehead atoms. The molecule has 3 atom stereocenters. The fourth-order valence-electron chi connectivity index (χ4n) is 4.15. The first kappa shape index (κ1) is 16.0. The lowest BCUT2D eigenvalue weighted by Gasteiger charge is -2.30. The summed E-state index contributed by atoms with van der Waals surface area (Å²) in [5.41, 5.74) is 2.45. The first-order chi connectivity index (χ1) is 11.0. The van der Waals surface area contributed by atoms with Gasteiger partial charge in [-0.05, 0) is 24.0 Å². The summed E-state index contributed by atoms with van der Waals surface area (Å²) in [7, 11) is 1.42. The van der Waals surface area contributed by atoms with E-state index >= 15 is 0 Å². The van der Waals surface area contributed by atoms with Gasteiger partial charge in [0.2, 0.25) is 5.91 Å². The topological polar surface area (TPSA) is 49.9 Å². The highest BCUT2D eigenvalue weighted by Gasteiger charge is 2.48. The van der Waals surface area contributed by atoms with E-state index in [1.165, 1.54) is 18.2 Å². The fraction of sp³-hybridized carbons (Fsp3) is 0.556. The monoisotopic (exact) mass is 316 g/mol. The molecule has 1 amide bonds. The van der Waals surface area contributed by atoms with E-state index in [4.69, 9.17) is 4.74 Å². The molecule has 2 aliphatic rings. The molecule has 0 aromatic heterocycles. The molecule has 0 saturated carbocycles. The van der Waals surface area contributed by atoms with E-state index in [2.05, 4.69) is 24.0 Å². The van der Waals surface area contributed by atoms with E-state index in [9.17, 15) is 9.59 Å². The average Bonchev–Trinajstić information content (AvgIpc) is 3.05. The highest BCUT2D eigenvalue weighted by molar-refractivity contribution is 5.74. The number of benzene rings is 1. The molecule has 23 heavy (non-hydrogen) atoms. The lowest BCUT2D eigenvalue weighted by molar-refractivity contribution is -0.142. The van der Waals surface area contributed by atoms with Gasteiger partial charge in [0.25, 0.3) is 0 Å². The maximum Gasteiger partial charge on any atom is 0.319 e. The predicted octanol–water partition coefficient (Wildman–Crippen LogP) is 1.62. The van der Waals surface area contributed by atoms with Crippen LogP contribution < -0.4 is 0 Å². The minimum Gasteiger partial charge on any atom is -0.468 e. The zero-order chi connectivity index (χ0) is 16.6. The van der Waals surface area contributed by atoms with Crippen molar-refractivity contribution in [1.29, 1.82) is 0 Å². The van der Waals surface area contributed by atoms with Crippen LogP contribution in [-0.4, -0.2) is 55.0 Å². The molecular formula is C18H24N2O3. The highest BCUT2D eigenvalue weighted by atomic mass is 16.5. The van der Waals surface area contributed by atoms with Crippen LogP contribution in [0.25, 0.3) is 0 Å². The SMILES string of the molecule is COC(=O)CN1C[C@@H]2CN(C(C)=O)[C@H](c3ccccc3C)[C@@H]2C1. The van der Waals surface area contributed by atoms with Gasteiger partial charge in [-0.15, -0.1) is 0 Å². The third kappa shape index (κ3) is 2.98. The van der Waals surface area contributed by atoms with Crippen molar-refractivity contribution >= 4 is 11.9 Å². The van der Waals surface area contributed by atoms with Crippen molar-refractivity contribution in [2.24, 2.45) is 11.8 Å². The van der Waals surface area contributed by atoms with E-state index in [0.717, 1.165) is 19.6 Å². The Labute approximate surface area is 137 Å². The Morgan fingerprint density at radius 2 is 1.96 bits per heavy atom. The number of fused-ring (bicyclic) bond motifs is 1. The number of hydrogen-bond donors (Lipinski definition) is 0. The maximum absolute atomic E-state index is 12.1. The summed E-state index contributed by atoms with van der Waals surface area (Å²) in [6.45, 7) is 6.55. The van der Waals surface area contributed by atoms with Crippen molar-refractivity contribution in [3.05, 3.63) is 35.4 Å². The zero-order valence-corrected chi connectivity index (χ0v) is 14.0. The summed E-state index contributed by atoms with van der Waals surface area (Å²) < 4.78 is 4.78. The number of carbonyl (C=O) groups is 2. The van der Waals surface area contributed by atoms with Gasteiger partial charge in [0.05, 0.1) is 19.7 Å². The van der Waals surface area contributed by atoms with Gasteiger partial charge in [0.15, 0.2) is 0 Å². The first-order valence-electron chi connectivity index (χ1n) is 8.13. The smallest absolute Gasteiger partial charge is 0.319 e. The van der Waals surface area contributed by atoms with E-state index in [-0.39, 0.29) is 17.9 Å². The van der Waals surface area contributed by atoms with Gasteiger partial charge in [0.1, 0.15) is 0 Å². The van der Waals surface area contributed by atoms with Crippen LogP contribution in [0.1, 0.15) is 24.1 Å². The minimum atomic E-state index is -0.194. The largest absolute Gasteiger partial charge is 0.468 e. The van der Waals surface area contributed by atoms with Crippen molar-refractivity contribution in [2.45, 2.75) is 19.9 Å². The van der Waals surface area contributed by atoms with Crippen LogP contribution in [0.5, 0.6) is 0 Å². The molecule has 0 N–H and O–H groups in total.